The van der Waals surface area contributed by atoms with E-state index >= 15 is 0 Å². The van der Waals surface area contributed by atoms with E-state index in [2.05, 4.69) is 11.5 Å². The first-order valence-electron chi connectivity index (χ1n) is 3.46. The second-order valence-corrected chi connectivity index (χ2v) is 4.76. The molecule has 1 nitrogen and oxygen atoms in total. The van der Waals surface area contributed by atoms with Crippen LogP contribution in [0.4, 0.5) is 0 Å². The van der Waals surface area contributed by atoms with Gasteiger partial charge in [-0.05, 0) is 17.5 Å². The quantitative estimate of drug-likeness (QED) is 0.656. The molecule has 2 rings (SSSR count). The zero-order valence-corrected chi connectivity index (χ0v) is 7.53. The van der Waals surface area contributed by atoms with Crippen molar-refractivity contribution >= 4 is 21.6 Å². The summed E-state index contributed by atoms with van der Waals surface area (Å²) >= 11 is 0. The van der Waals surface area contributed by atoms with Gasteiger partial charge in [-0.3, -0.25) is 0 Å². The lowest BCUT2D eigenvalue weighted by molar-refractivity contribution is 0.512. The molecule has 1 unspecified atom stereocenters. The molecule has 0 aliphatic carbocycles. The van der Waals surface area contributed by atoms with Crippen molar-refractivity contribution < 1.29 is 4.42 Å². The molecular weight excluding hydrogens is 176 g/mol. The molecule has 0 fully saturated rings. The summed E-state index contributed by atoms with van der Waals surface area (Å²) in [5.41, 5.74) is 0. The summed E-state index contributed by atoms with van der Waals surface area (Å²) in [6, 6.07) is 3.96. The van der Waals surface area contributed by atoms with Crippen molar-refractivity contribution in [2.75, 3.05) is 0 Å². The number of rotatable bonds is 2. The van der Waals surface area contributed by atoms with Gasteiger partial charge >= 0.3 is 0 Å². The molecule has 0 aromatic carbocycles. The average molecular weight is 184 g/mol. The van der Waals surface area contributed by atoms with Gasteiger partial charge < -0.3 is 4.42 Å². The van der Waals surface area contributed by atoms with Crippen LogP contribution in [0.25, 0.3) is 0 Å². The van der Waals surface area contributed by atoms with Crippen LogP contribution in [-0.4, -0.2) is 5.25 Å². The van der Waals surface area contributed by atoms with Crippen molar-refractivity contribution in [1.82, 2.24) is 0 Å². The molecule has 1 aromatic heterocycles. The molecule has 2 heterocycles. The van der Waals surface area contributed by atoms with E-state index in [0.717, 1.165) is 12.2 Å². The summed E-state index contributed by atoms with van der Waals surface area (Å²) in [5.74, 6) is 1.08. The van der Waals surface area contributed by atoms with Crippen LogP contribution in [-0.2, 0) is 6.42 Å². The summed E-state index contributed by atoms with van der Waals surface area (Å²) in [5, 5.41) is 2.74. The van der Waals surface area contributed by atoms with Crippen molar-refractivity contribution in [3.63, 3.8) is 0 Å². The van der Waals surface area contributed by atoms with E-state index in [9.17, 15) is 0 Å². The van der Waals surface area contributed by atoms with Gasteiger partial charge in [0.05, 0.1) is 6.26 Å². The minimum absolute atomic E-state index is 0.603. The first kappa shape index (κ1) is 7.37. The predicted molar refractivity (Wildman–Crippen MR) is 50.5 cm³/mol. The fourth-order valence-corrected chi connectivity index (χ4v) is 3.13. The molecule has 0 amide bonds. The van der Waals surface area contributed by atoms with Crippen LogP contribution in [0, 0.1) is 0 Å². The standard InChI is InChI=1S/C8H8OS2/c1-2-7(9-4-1)6-8-3-5-10-11-8/h1-5,8H,6H2. The summed E-state index contributed by atoms with van der Waals surface area (Å²) in [4.78, 5) is 0. The topological polar surface area (TPSA) is 13.1 Å². The molecule has 0 saturated heterocycles. The highest BCUT2D eigenvalue weighted by Crippen LogP contribution is 2.36. The first-order valence-corrected chi connectivity index (χ1v) is 5.74. The Labute approximate surface area is 73.6 Å². The smallest absolute Gasteiger partial charge is 0.105 e. The molecule has 1 atom stereocenters. The van der Waals surface area contributed by atoms with Gasteiger partial charge in [-0.25, -0.2) is 0 Å². The third kappa shape index (κ3) is 1.84. The normalized spacial score (nSPS) is 22.7. The van der Waals surface area contributed by atoms with Crippen LogP contribution < -0.4 is 0 Å². The second kappa shape index (κ2) is 3.41. The second-order valence-electron chi connectivity index (χ2n) is 2.34. The molecule has 1 aliphatic rings. The molecule has 1 aliphatic heterocycles. The van der Waals surface area contributed by atoms with Gasteiger partial charge in [-0.2, -0.15) is 0 Å². The zero-order chi connectivity index (χ0) is 7.52. The summed E-state index contributed by atoms with van der Waals surface area (Å²) in [6.45, 7) is 0. The molecule has 11 heavy (non-hydrogen) atoms. The van der Waals surface area contributed by atoms with Gasteiger partial charge in [-0.1, -0.05) is 27.7 Å². The van der Waals surface area contributed by atoms with Crippen LogP contribution in [0.2, 0.25) is 0 Å². The molecule has 0 N–H and O–H groups in total. The Kier molecular flexibility index (Phi) is 2.29. The minimum Gasteiger partial charge on any atom is -0.469 e. The van der Waals surface area contributed by atoms with Crippen molar-refractivity contribution in [1.29, 1.82) is 0 Å². The summed E-state index contributed by atoms with van der Waals surface area (Å²) < 4.78 is 5.24. The molecule has 0 bridgehead atoms. The van der Waals surface area contributed by atoms with Gasteiger partial charge in [0, 0.05) is 11.7 Å². The number of furan rings is 1. The lowest BCUT2D eigenvalue weighted by Gasteiger charge is -2.01. The fourth-order valence-electron chi connectivity index (χ4n) is 0.984. The van der Waals surface area contributed by atoms with Gasteiger partial charge in [-0.15, -0.1) is 0 Å². The number of hydrogen-bond donors (Lipinski definition) is 0. The molecule has 0 radical (unpaired) electrons. The Balaban J connectivity index is 1.95. The summed E-state index contributed by atoms with van der Waals surface area (Å²) in [6.07, 6.45) is 4.96. The maximum Gasteiger partial charge on any atom is 0.105 e. The zero-order valence-electron chi connectivity index (χ0n) is 5.90. The van der Waals surface area contributed by atoms with E-state index in [0.29, 0.717) is 5.25 Å². The Morgan fingerprint density at radius 1 is 1.55 bits per heavy atom. The third-order valence-electron chi connectivity index (χ3n) is 1.51. The maximum absolute atomic E-state index is 5.24. The SMILES string of the molecule is C1=CC(Cc2ccco2)SS1. The molecule has 0 saturated carbocycles. The first-order chi connectivity index (χ1) is 5.45. The van der Waals surface area contributed by atoms with E-state index in [1.54, 1.807) is 17.1 Å². The van der Waals surface area contributed by atoms with E-state index in [-0.39, 0.29) is 0 Å². The minimum atomic E-state index is 0.603. The Hall–Kier alpha value is -0.280. The maximum atomic E-state index is 5.24. The average Bonchev–Trinajstić information content (AvgIpc) is 2.60. The van der Waals surface area contributed by atoms with Crippen LogP contribution >= 0.6 is 21.6 Å². The van der Waals surface area contributed by atoms with Gasteiger partial charge in [0.15, 0.2) is 0 Å². The Morgan fingerprint density at radius 2 is 2.55 bits per heavy atom. The van der Waals surface area contributed by atoms with Gasteiger partial charge in [0.1, 0.15) is 5.76 Å². The van der Waals surface area contributed by atoms with Gasteiger partial charge in [0.25, 0.3) is 0 Å². The molecular formula is C8H8OS2. The van der Waals surface area contributed by atoms with E-state index in [4.69, 9.17) is 4.42 Å². The lowest BCUT2D eigenvalue weighted by atomic mass is 10.2. The molecule has 58 valence electrons. The Morgan fingerprint density at radius 3 is 3.18 bits per heavy atom. The van der Waals surface area contributed by atoms with Crippen molar-refractivity contribution in [2.24, 2.45) is 0 Å². The third-order valence-corrected chi connectivity index (χ3v) is 3.87. The predicted octanol–water partition coefficient (Wildman–Crippen LogP) is 3.10. The van der Waals surface area contributed by atoms with E-state index in [1.807, 2.05) is 22.9 Å². The van der Waals surface area contributed by atoms with E-state index < -0.39 is 0 Å². The monoisotopic (exact) mass is 184 g/mol. The highest BCUT2D eigenvalue weighted by molar-refractivity contribution is 8.78. The van der Waals surface area contributed by atoms with Crippen molar-refractivity contribution in [3.8, 4) is 0 Å². The van der Waals surface area contributed by atoms with Gasteiger partial charge in [0.2, 0.25) is 0 Å². The van der Waals surface area contributed by atoms with Crippen molar-refractivity contribution in [2.45, 2.75) is 11.7 Å². The van der Waals surface area contributed by atoms with Crippen LogP contribution in [0.3, 0.4) is 0 Å². The molecule has 1 aromatic rings. The molecule has 3 heteroatoms. The summed E-state index contributed by atoms with van der Waals surface area (Å²) in [7, 11) is 3.68. The highest BCUT2D eigenvalue weighted by atomic mass is 33.1. The Bertz CT molecular complexity index is 241. The van der Waals surface area contributed by atoms with Crippen molar-refractivity contribution in [3.05, 3.63) is 35.6 Å². The molecule has 0 spiro atoms. The number of hydrogen-bond acceptors (Lipinski definition) is 3. The van der Waals surface area contributed by atoms with Crippen LogP contribution in [0.5, 0.6) is 0 Å². The van der Waals surface area contributed by atoms with E-state index in [1.165, 1.54) is 0 Å². The fraction of sp³-hybridized carbons (Fsp3) is 0.250. The van der Waals surface area contributed by atoms with Crippen LogP contribution in [0.15, 0.2) is 34.3 Å². The highest BCUT2D eigenvalue weighted by Gasteiger charge is 2.12. The lowest BCUT2D eigenvalue weighted by Crippen LogP contribution is -1.97. The van der Waals surface area contributed by atoms with Crippen LogP contribution in [0.1, 0.15) is 5.76 Å². The largest absolute Gasteiger partial charge is 0.469 e.